The van der Waals surface area contributed by atoms with E-state index in [0.29, 0.717) is 16.7 Å². The van der Waals surface area contributed by atoms with Gasteiger partial charge in [0.1, 0.15) is 0 Å². The summed E-state index contributed by atoms with van der Waals surface area (Å²) in [7, 11) is 0. The lowest BCUT2D eigenvalue weighted by Gasteiger charge is -2.26. The van der Waals surface area contributed by atoms with Crippen LogP contribution in [-0.4, -0.2) is 33.0 Å². The number of pyridine rings is 1. The average molecular weight is 307 g/mol. The van der Waals surface area contributed by atoms with Crippen LogP contribution in [0, 0.1) is 0 Å². The fourth-order valence-corrected chi connectivity index (χ4v) is 2.36. The number of nitrogens with zero attached hydrogens (tertiary/aromatic N) is 5. The minimum absolute atomic E-state index is 0.135. The van der Waals surface area contributed by atoms with Crippen molar-refractivity contribution in [3.63, 3.8) is 0 Å². The van der Waals surface area contributed by atoms with Crippen LogP contribution in [0.2, 0.25) is 5.02 Å². The molecule has 2 N–H and O–H groups in total. The van der Waals surface area contributed by atoms with Crippen LogP contribution in [-0.2, 0) is 0 Å². The molecule has 0 radical (unpaired) electrons. The Bertz CT molecular complexity index is 632. The molecule has 2 aromatic rings. The summed E-state index contributed by atoms with van der Waals surface area (Å²) in [4.78, 5) is 18.5. The molecule has 0 amide bonds. The smallest absolute Gasteiger partial charge is 0.328 e. The van der Waals surface area contributed by atoms with Gasteiger partial charge < -0.3 is 15.4 Å². The van der Waals surface area contributed by atoms with E-state index >= 15 is 0 Å². The number of ether oxygens (including phenoxy) is 1. The van der Waals surface area contributed by atoms with Crippen LogP contribution in [0.15, 0.2) is 18.5 Å². The van der Waals surface area contributed by atoms with Gasteiger partial charge in [0.15, 0.2) is 5.75 Å². The summed E-state index contributed by atoms with van der Waals surface area (Å²) in [5.74, 6) is 1.14. The maximum atomic E-state index is 5.87. The van der Waals surface area contributed by atoms with Gasteiger partial charge in [-0.15, -0.1) is 0 Å². The molecule has 2 aromatic heterocycles. The van der Waals surface area contributed by atoms with Gasteiger partial charge in [0, 0.05) is 25.4 Å². The minimum atomic E-state index is 0.135. The van der Waals surface area contributed by atoms with Crippen LogP contribution >= 0.6 is 11.6 Å². The third-order valence-corrected chi connectivity index (χ3v) is 3.35. The summed E-state index contributed by atoms with van der Waals surface area (Å²) in [6.07, 6.45) is 6.54. The van der Waals surface area contributed by atoms with E-state index in [1.54, 1.807) is 6.07 Å². The zero-order valence-corrected chi connectivity index (χ0v) is 12.1. The molecule has 0 bridgehead atoms. The molecule has 1 fully saturated rings. The molecule has 0 atom stereocenters. The Morgan fingerprint density at radius 2 is 1.90 bits per heavy atom. The molecule has 1 aliphatic rings. The van der Waals surface area contributed by atoms with Crippen molar-refractivity contribution in [2.45, 2.75) is 19.3 Å². The third kappa shape index (κ3) is 3.49. The molecule has 3 rings (SSSR count). The number of piperidine rings is 1. The average Bonchev–Trinajstić information content (AvgIpc) is 2.47. The van der Waals surface area contributed by atoms with Crippen LogP contribution < -0.4 is 15.4 Å². The van der Waals surface area contributed by atoms with Crippen molar-refractivity contribution in [1.82, 2.24) is 19.9 Å². The number of rotatable bonds is 3. The minimum Gasteiger partial charge on any atom is -0.422 e. The second-order valence-corrected chi connectivity index (χ2v) is 5.20. The van der Waals surface area contributed by atoms with Gasteiger partial charge in [-0.3, -0.25) is 4.98 Å². The standard InChI is InChI=1S/C13H15ClN6O/c14-9-6-10(8-16-7-9)21-13-18-11(15)17-12(19-13)20-4-2-1-3-5-20/h6-8H,1-5H2,(H2,15,17,18,19). The van der Waals surface area contributed by atoms with Gasteiger partial charge >= 0.3 is 6.01 Å². The summed E-state index contributed by atoms with van der Waals surface area (Å²) >= 11 is 5.87. The summed E-state index contributed by atoms with van der Waals surface area (Å²) in [6, 6.07) is 1.78. The molecule has 0 unspecified atom stereocenters. The first-order chi connectivity index (χ1) is 10.2. The number of hydrogen-bond donors (Lipinski definition) is 1. The molecule has 1 aliphatic heterocycles. The highest BCUT2D eigenvalue weighted by Gasteiger charge is 2.16. The molecule has 3 heterocycles. The maximum absolute atomic E-state index is 5.87. The van der Waals surface area contributed by atoms with Gasteiger partial charge in [-0.1, -0.05) is 11.6 Å². The molecule has 0 spiro atoms. The van der Waals surface area contributed by atoms with E-state index in [1.807, 2.05) is 0 Å². The Kier molecular flexibility index (Phi) is 4.01. The molecule has 21 heavy (non-hydrogen) atoms. The van der Waals surface area contributed by atoms with E-state index in [-0.39, 0.29) is 12.0 Å². The Balaban J connectivity index is 1.83. The van der Waals surface area contributed by atoms with Crippen molar-refractivity contribution >= 4 is 23.5 Å². The van der Waals surface area contributed by atoms with Gasteiger partial charge in [0.2, 0.25) is 11.9 Å². The molecule has 8 heteroatoms. The first kappa shape index (κ1) is 13.8. The Morgan fingerprint density at radius 3 is 2.67 bits per heavy atom. The Morgan fingerprint density at radius 1 is 1.10 bits per heavy atom. The number of anilines is 2. The zero-order chi connectivity index (χ0) is 14.7. The highest BCUT2D eigenvalue weighted by Crippen LogP contribution is 2.23. The summed E-state index contributed by atoms with van der Waals surface area (Å²) in [6.45, 7) is 1.84. The number of nitrogen functional groups attached to an aromatic ring is 1. The molecule has 110 valence electrons. The van der Waals surface area contributed by atoms with E-state index in [9.17, 15) is 0 Å². The van der Waals surface area contributed by atoms with Crippen molar-refractivity contribution in [3.8, 4) is 11.8 Å². The molecule has 0 saturated carbocycles. The van der Waals surface area contributed by atoms with Crippen molar-refractivity contribution in [3.05, 3.63) is 23.5 Å². The zero-order valence-electron chi connectivity index (χ0n) is 11.4. The first-order valence-electron chi connectivity index (χ1n) is 6.75. The van der Waals surface area contributed by atoms with Crippen molar-refractivity contribution in [2.24, 2.45) is 0 Å². The normalized spacial score (nSPS) is 15.0. The first-order valence-corrected chi connectivity index (χ1v) is 7.13. The Labute approximate surface area is 127 Å². The predicted molar refractivity (Wildman–Crippen MR) is 79.6 cm³/mol. The molecule has 0 aliphatic carbocycles. The van der Waals surface area contributed by atoms with Gasteiger partial charge in [0.25, 0.3) is 0 Å². The Hall–Kier alpha value is -2.15. The van der Waals surface area contributed by atoms with Gasteiger partial charge in [0.05, 0.1) is 11.2 Å². The van der Waals surface area contributed by atoms with Crippen LogP contribution in [0.1, 0.15) is 19.3 Å². The lowest BCUT2D eigenvalue weighted by molar-refractivity contribution is 0.437. The predicted octanol–water partition coefficient (Wildman–Crippen LogP) is 2.28. The number of nitrogens with two attached hydrogens (primary N) is 1. The van der Waals surface area contributed by atoms with E-state index < -0.39 is 0 Å². The second-order valence-electron chi connectivity index (χ2n) is 4.76. The molecule has 0 aromatic carbocycles. The largest absolute Gasteiger partial charge is 0.422 e. The topological polar surface area (TPSA) is 90.0 Å². The number of halogens is 1. The van der Waals surface area contributed by atoms with Crippen molar-refractivity contribution < 1.29 is 4.74 Å². The van der Waals surface area contributed by atoms with Crippen molar-refractivity contribution in [2.75, 3.05) is 23.7 Å². The van der Waals surface area contributed by atoms with Gasteiger partial charge in [-0.2, -0.15) is 15.0 Å². The fraction of sp³-hybridized carbons (Fsp3) is 0.385. The van der Waals surface area contributed by atoms with E-state index in [4.69, 9.17) is 22.1 Å². The number of hydrogen-bond acceptors (Lipinski definition) is 7. The summed E-state index contributed by atoms with van der Waals surface area (Å²) < 4.78 is 5.56. The molecular weight excluding hydrogens is 292 g/mol. The lowest BCUT2D eigenvalue weighted by atomic mass is 10.1. The summed E-state index contributed by atoms with van der Waals surface area (Å²) in [5, 5.41) is 0.478. The van der Waals surface area contributed by atoms with Gasteiger partial charge in [-0.25, -0.2) is 0 Å². The highest BCUT2D eigenvalue weighted by atomic mass is 35.5. The van der Waals surface area contributed by atoms with Crippen LogP contribution in [0.4, 0.5) is 11.9 Å². The number of aromatic nitrogens is 4. The fourth-order valence-electron chi connectivity index (χ4n) is 2.20. The van der Waals surface area contributed by atoms with Crippen molar-refractivity contribution in [1.29, 1.82) is 0 Å². The maximum Gasteiger partial charge on any atom is 0.328 e. The van der Waals surface area contributed by atoms with E-state index in [0.717, 1.165) is 25.9 Å². The van der Waals surface area contributed by atoms with E-state index in [2.05, 4.69) is 24.8 Å². The van der Waals surface area contributed by atoms with Crippen LogP contribution in [0.3, 0.4) is 0 Å². The molecule has 7 nitrogen and oxygen atoms in total. The second kappa shape index (κ2) is 6.09. The molecular formula is C13H15ClN6O. The third-order valence-electron chi connectivity index (χ3n) is 3.15. The monoisotopic (exact) mass is 306 g/mol. The summed E-state index contributed by atoms with van der Waals surface area (Å²) in [5.41, 5.74) is 5.74. The quantitative estimate of drug-likeness (QED) is 0.930. The van der Waals surface area contributed by atoms with Crippen LogP contribution in [0.25, 0.3) is 0 Å². The van der Waals surface area contributed by atoms with Crippen LogP contribution in [0.5, 0.6) is 11.8 Å². The SMILES string of the molecule is Nc1nc(Oc2cncc(Cl)c2)nc(N2CCCCC2)n1. The lowest BCUT2D eigenvalue weighted by Crippen LogP contribution is -2.31. The highest BCUT2D eigenvalue weighted by molar-refractivity contribution is 6.30. The molecule has 1 saturated heterocycles. The van der Waals surface area contributed by atoms with Gasteiger partial charge in [-0.05, 0) is 19.3 Å². The van der Waals surface area contributed by atoms with E-state index in [1.165, 1.54) is 18.8 Å².